The fourth-order valence-corrected chi connectivity index (χ4v) is 3.15. The van der Waals surface area contributed by atoms with Crippen molar-refractivity contribution >= 4 is 5.91 Å². The molecule has 1 atom stereocenters. The van der Waals surface area contributed by atoms with Gasteiger partial charge in [0.25, 0.3) is 5.91 Å². The first-order chi connectivity index (χ1) is 11.1. The lowest BCUT2D eigenvalue weighted by Crippen LogP contribution is -2.44. The standard InChI is InChI=1S/C16H23N5O2/c1-4-5-12-8-13(20-19-12)16(22)21-6-7-23-9-14(21)15-10(2)17-18-11(15)3/h8,14H,4-7,9H2,1-3H3,(H,17,18)(H,19,20)/t14-/m1/s1. The lowest BCUT2D eigenvalue weighted by molar-refractivity contribution is -0.00332. The summed E-state index contributed by atoms with van der Waals surface area (Å²) in [5.41, 5.74) is 4.40. The smallest absolute Gasteiger partial charge is 0.275 e. The van der Waals surface area contributed by atoms with Gasteiger partial charge >= 0.3 is 0 Å². The van der Waals surface area contributed by atoms with Crippen LogP contribution in [0.2, 0.25) is 0 Å². The van der Waals surface area contributed by atoms with Crippen LogP contribution in [0.3, 0.4) is 0 Å². The maximum absolute atomic E-state index is 12.9. The summed E-state index contributed by atoms with van der Waals surface area (Å²) in [6, 6.07) is 1.73. The highest BCUT2D eigenvalue weighted by molar-refractivity contribution is 5.92. The second kappa shape index (κ2) is 6.54. The van der Waals surface area contributed by atoms with Crippen LogP contribution in [0, 0.1) is 13.8 Å². The number of aromatic nitrogens is 4. The van der Waals surface area contributed by atoms with Crippen LogP contribution in [0.1, 0.15) is 52.5 Å². The minimum absolute atomic E-state index is 0.0584. The number of nitrogens with one attached hydrogen (secondary N) is 2. The highest BCUT2D eigenvalue weighted by Gasteiger charge is 2.33. The Morgan fingerprint density at radius 3 is 2.91 bits per heavy atom. The van der Waals surface area contributed by atoms with E-state index in [9.17, 15) is 4.79 Å². The van der Waals surface area contributed by atoms with Crippen LogP contribution in [0.5, 0.6) is 0 Å². The Hall–Kier alpha value is -2.15. The molecule has 0 saturated carbocycles. The third-order valence-corrected chi connectivity index (χ3v) is 4.28. The average Bonchev–Trinajstić information content (AvgIpc) is 3.14. The maximum Gasteiger partial charge on any atom is 0.275 e. The third-order valence-electron chi connectivity index (χ3n) is 4.28. The number of ether oxygens (including phenoxy) is 1. The molecular formula is C16H23N5O2. The number of carbonyl (C=O) groups is 1. The van der Waals surface area contributed by atoms with Gasteiger partial charge in [-0.2, -0.15) is 10.2 Å². The number of carbonyl (C=O) groups excluding carboxylic acids is 1. The Labute approximate surface area is 135 Å². The summed E-state index contributed by atoms with van der Waals surface area (Å²) >= 11 is 0. The van der Waals surface area contributed by atoms with Crippen LogP contribution in [-0.4, -0.2) is 51.0 Å². The number of morpholine rings is 1. The highest BCUT2D eigenvalue weighted by Crippen LogP contribution is 2.29. The van der Waals surface area contributed by atoms with E-state index in [4.69, 9.17) is 4.74 Å². The number of aryl methyl sites for hydroxylation is 3. The molecule has 2 aromatic rings. The second-order valence-corrected chi connectivity index (χ2v) is 5.97. The van der Waals surface area contributed by atoms with Crippen LogP contribution < -0.4 is 0 Å². The van der Waals surface area contributed by atoms with Crippen molar-refractivity contribution in [2.24, 2.45) is 0 Å². The minimum Gasteiger partial charge on any atom is -0.377 e. The average molecular weight is 317 g/mol. The quantitative estimate of drug-likeness (QED) is 0.902. The summed E-state index contributed by atoms with van der Waals surface area (Å²) in [6.07, 6.45) is 1.91. The predicted molar refractivity (Wildman–Crippen MR) is 85.2 cm³/mol. The molecular weight excluding hydrogens is 294 g/mol. The van der Waals surface area contributed by atoms with E-state index in [1.165, 1.54) is 0 Å². The summed E-state index contributed by atoms with van der Waals surface area (Å²) in [7, 11) is 0. The van der Waals surface area contributed by atoms with E-state index in [1.54, 1.807) is 0 Å². The SMILES string of the molecule is CCCc1cc(C(=O)N2CCOC[C@@H]2c2c(C)n[nH]c2C)n[nH]1. The molecule has 0 aromatic carbocycles. The van der Waals surface area contributed by atoms with Crippen LogP contribution in [0.25, 0.3) is 0 Å². The minimum atomic E-state index is -0.124. The first-order valence-electron chi connectivity index (χ1n) is 8.06. The number of H-pyrrole nitrogens is 2. The lowest BCUT2D eigenvalue weighted by Gasteiger charge is -2.35. The fourth-order valence-electron chi connectivity index (χ4n) is 3.15. The molecule has 0 bridgehead atoms. The van der Waals surface area contributed by atoms with E-state index in [1.807, 2.05) is 24.8 Å². The first kappa shape index (κ1) is 15.7. The molecule has 1 amide bonds. The molecule has 3 heterocycles. The van der Waals surface area contributed by atoms with Crippen molar-refractivity contribution in [3.63, 3.8) is 0 Å². The van der Waals surface area contributed by atoms with Crippen molar-refractivity contribution in [3.05, 3.63) is 34.4 Å². The van der Waals surface area contributed by atoms with Gasteiger partial charge < -0.3 is 9.64 Å². The zero-order valence-electron chi connectivity index (χ0n) is 13.8. The van der Waals surface area contributed by atoms with Crippen LogP contribution in [-0.2, 0) is 11.2 Å². The van der Waals surface area contributed by atoms with Crippen molar-refractivity contribution in [2.45, 2.75) is 39.7 Å². The Kier molecular flexibility index (Phi) is 4.47. The van der Waals surface area contributed by atoms with Gasteiger partial charge in [0, 0.05) is 23.5 Å². The van der Waals surface area contributed by atoms with Gasteiger partial charge in [-0.25, -0.2) is 0 Å². The largest absolute Gasteiger partial charge is 0.377 e. The summed E-state index contributed by atoms with van der Waals surface area (Å²) in [5, 5.41) is 14.4. The maximum atomic E-state index is 12.9. The van der Waals surface area contributed by atoms with Gasteiger partial charge in [0.2, 0.25) is 0 Å². The van der Waals surface area contributed by atoms with Gasteiger partial charge in [-0.1, -0.05) is 13.3 Å². The zero-order chi connectivity index (χ0) is 16.4. The summed E-state index contributed by atoms with van der Waals surface area (Å²) < 4.78 is 5.61. The molecule has 124 valence electrons. The Morgan fingerprint density at radius 1 is 1.39 bits per heavy atom. The molecule has 3 rings (SSSR count). The lowest BCUT2D eigenvalue weighted by atomic mass is 10.0. The van der Waals surface area contributed by atoms with E-state index in [2.05, 4.69) is 27.3 Å². The first-order valence-corrected chi connectivity index (χ1v) is 8.06. The number of aromatic amines is 2. The number of rotatable bonds is 4. The van der Waals surface area contributed by atoms with E-state index in [0.717, 1.165) is 35.5 Å². The van der Waals surface area contributed by atoms with Crippen molar-refractivity contribution < 1.29 is 9.53 Å². The van der Waals surface area contributed by atoms with E-state index < -0.39 is 0 Å². The molecule has 1 aliphatic heterocycles. The topological polar surface area (TPSA) is 86.9 Å². The normalized spacial score (nSPS) is 18.4. The molecule has 7 heteroatoms. The van der Waals surface area contributed by atoms with Gasteiger partial charge in [0.15, 0.2) is 0 Å². The predicted octanol–water partition coefficient (Wildman–Crippen LogP) is 1.92. The van der Waals surface area contributed by atoms with Gasteiger partial charge in [-0.3, -0.25) is 15.0 Å². The molecule has 1 aliphatic rings. The summed E-state index contributed by atoms with van der Waals surface area (Å²) in [6.45, 7) is 7.61. The number of nitrogens with zero attached hydrogens (tertiary/aromatic N) is 3. The van der Waals surface area contributed by atoms with Crippen molar-refractivity contribution in [2.75, 3.05) is 19.8 Å². The van der Waals surface area contributed by atoms with Gasteiger partial charge in [-0.15, -0.1) is 0 Å². The Bertz CT molecular complexity index is 671. The molecule has 0 spiro atoms. The molecule has 2 N–H and O–H groups in total. The molecule has 0 radical (unpaired) electrons. The summed E-state index contributed by atoms with van der Waals surface area (Å²) in [5.74, 6) is -0.0584. The van der Waals surface area contributed by atoms with Crippen molar-refractivity contribution in [1.82, 2.24) is 25.3 Å². The number of hydrogen-bond acceptors (Lipinski definition) is 4. The molecule has 1 fully saturated rings. The van der Waals surface area contributed by atoms with Crippen LogP contribution in [0.15, 0.2) is 6.07 Å². The van der Waals surface area contributed by atoms with E-state index in [0.29, 0.717) is 25.5 Å². The number of hydrogen-bond donors (Lipinski definition) is 2. The van der Waals surface area contributed by atoms with Crippen LogP contribution >= 0.6 is 0 Å². The van der Waals surface area contributed by atoms with E-state index in [-0.39, 0.29) is 11.9 Å². The number of amides is 1. The zero-order valence-corrected chi connectivity index (χ0v) is 13.8. The Balaban J connectivity index is 1.87. The van der Waals surface area contributed by atoms with Crippen molar-refractivity contribution in [1.29, 1.82) is 0 Å². The van der Waals surface area contributed by atoms with E-state index >= 15 is 0 Å². The summed E-state index contributed by atoms with van der Waals surface area (Å²) in [4.78, 5) is 14.8. The monoisotopic (exact) mass is 317 g/mol. The molecule has 23 heavy (non-hydrogen) atoms. The van der Waals surface area contributed by atoms with Crippen molar-refractivity contribution in [3.8, 4) is 0 Å². The van der Waals surface area contributed by atoms with Crippen LogP contribution in [0.4, 0.5) is 0 Å². The molecule has 7 nitrogen and oxygen atoms in total. The van der Waals surface area contributed by atoms with Gasteiger partial charge in [0.05, 0.1) is 24.9 Å². The molecule has 1 saturated heterocycles. The third kappa shape index (κ3) is 3.01. The second-order valence-electron chi connectivity index (χ2n) is 5.97. The molecule has 0 unspecified atom stereocenters. The molecule has 0 aliphatic carbocycles. The highest BCUT2D eigenvalue weighted by atomic mass is 16.5. The fraction of sp³-hybridized carbons (Fsp3) is 0.562. The van der Waals surface area contributed by atoms with Gasteiger partial charge in [0.1, 0.15) is 5.69 Å². The van der Waals surface area contributed by atoms with Gasteiger partial charge in [-0.05, 0) is 26.3 Å². The molecule has 2 aromatic heterocycles. The Morgan fingerprint density at radius 2 is 2.22 bits per heavy atom.